The average molecular weight is 328 g/mol. The lowest BCUT2D eigenvalue weighted by Crippen LogP contribution is -2.32. The molecule has 1 rings (SSSR count). The minimum Gasteiger partial charge on any atom is -0.372 e. The van der Waals surface area contributed by atoms with Gasteiger partial charge in [-0.05, 0) is 43.1 Å². The molecule has 0 fully saturated rings. The molecule has 0 saturated carbocycles. The molecule has 0 heterocycles. The molecule has 2 nitrogen and oxygen atoms in total. The molecule has 0 aliphatic rings. The summed E-state index contributed by atoms with van der Waals surface area (Å²) in [5, 5.41) is 3.57. The third kappa shape index (κ3) is 7.64. The van der Waals surface area contributed by atoms with Crippen molar-refractivity contribution < 1.29 is 22.3 Å². The van der Waals surface area contributed by atoms with Crippen LogP contribution in [0.4, 0.5) is 17.6 Å². The van der Waals surface area contributed by atoms with E-state index >= 15 is 0 Å². The molecule has 120 valence electrons. The summed E-state index contributed by atoms with van der Waals surface area (Å²) in [6, 6.07) is 3.95. The highest BCUT2D eigenvalue weighted by atomic mass is 35.5. The number of hydrogen-bond acceptors (Lipinski definition) is 2. The van der Waals surface area contributed by atoms with Gasteiger partial charge in [-0.15, -0.1) is 0 Å². The van der Waals surface area contributed by atoms with Crippen LogP contribution in [0.25, 0.3) is 0 Å². The Kier molecular flexibility index (Phi) is 7.42. The van der Waals surface area contributed by atoms with Crippen molar-refractivity contribution >= 4 is 11.6 Å². The summed E-state index contributed by atoms with van der Waals surface area (Å²) in [6.07, 6.45) is -3.50. The monoisotopic (exact) mass is 327 g/mol. The number of likely N-dealkylation sites (N-methyl/N-ethyl adjacent to an activating group) is 1. The zero-order valence-electron chi connectivity index (χ0n) is 11.6. The number of alkyl halides is 3. The van der Waals surface area contributed by atoms with Gasteiger partial charge >= 0.3 is 6.18 Å². The van der Waals surface area contributed by atoms with Gasteiger partial charge in [-0.3, -0.25) is 0 Å². The van der Waals surface area contributed by atoms with Crippen LogP contribution in [0.3, 0.4) is 0 Å². The van der Waals surface area contributed by atoms with Crippen molar-refractivity contribution in [2.45, 2.75) is 32.0 Å². The van der Waals surface area contributed by atoms with Crippen LogP contribution in [0.1, 0.15) is 18.9 Å². The van der Waals surface area contributed by atoms with Crippen molar-refractivity contribution in [3.8, 4) is 0 Å². The van der Waals surface area contributed by atoms with Crippen LogP contribution in [0.5, 0.6) is 0 Å². The number of ether oxygens (including phenoxy) is 1. The Morgan fingerprint density at radius 3 is 2.67 bits per heavy atom. The van der Waals surface area contributed by atoms with Crippen LogP contribution in [0.2, 0.25) is 5.02 Å². The van der Waals surface area contributed by atoms with E-state index in [1.807, 2.05) is 6.92 Å². The zero-order chi connectivity index (χ0) is 15.9. The van der Waals surface area contributed by atoms with Crippen LogP contribution in [-0.2, 0) is 11.2 Å². The predicted molar refractivity (Wildman–Crippen MR) is 74.1 cm³/mol. The maximum Gasteiger partial charge on any atom is 0.411 e. The fourth-order valence-corrected chi connectivity index (χ4v) is 2.14. The van der Waals surface area contributed by atoms with E-state index in [4.69, 9.17) is 11.6 Å². The summed E-state index contributed by atoms with van der Waals surface area (Å²) in [5.41, 5.74) is 0.624. The third-order valence-corrected chi connectivity index (χ3v) is 3.21. The van der Waals surface area contributed by atoms with Gasteiger partial charge in [-0.1, -0.05) is 18.5 Å². The molecule has 0 aliphatic carbocycles. The van der Waals surface area contributed by atoms with Crippen molar-refractivity contribution in [2.75, 3.05) is 19.8 Å². The predicted octanol–water partition coefficient (Wildman–Crippen LogP) is 3.97. The topological polar surface area (TPSA) is 21.3 Å². The van der Waals surface area contributed by atoms with Gasteiger partial charge in [0.25, 0.3) is 0 Å². The van der Waals surface area contributed by atoms with Gasteiger partial charge in [0.1, 0.15) is 12.4 Å². The molecule has 0 aromatic heterocycles. The van der Waals surface area contributed by atoms with Crippen LogP contribution in [0.15, 0.2) is 18.2 Å². The molecule has 1 atom stereocenters. The van der Waals surface area contributed by atoms with E-state index in [9.17, 15) is 17.6 Å². The van der Waals surface area contributed by atoms with Crippen molar-refractivity contribution in [3.05, 3.63) is 34.6 Å². The van der Waals surface area contributed by atoms with Crippen molar-refractivity contribution in [1.82, 2.24) is 5.32 Å². The first-order valence-corrected chi connectivity index (χ1v) is 7.01. The van der Waals surface area contributed by atoms with Crippen LogP contribution in [-0.4, -0.2) is 32.0 Å². The Bertz CT molecular complexity index is 439. The van der Waals surface area contributed by atoms with Crippen molar-refractivity contribution in [2.24, 2.45) is 0 Å². The van der Waals surface area contributed by atoms with Crippen LogP contribution < -0.4 is 5.32 Å². The van der Waals surface area contributed by atoms with Gasteiger partial charge in [0.15, 0.2) is 0 Å². The Morgan fingerprint density at radius 2 is 2.05 bits per heavy atom. The van der Waals surface area contributed by atoms with E-state index in [2.05, 4.69) is 10.1 Å². The Morgan fingerprint density at radius 1 is 1.33 bits per heavy atom. The van der Waals surface area contributed by atoms with Gasteiger partial charge in [-0.25, -0.2) is 4.39 Å². The minimum atomic E-state index is -4.32. The largest absolute Gasteiger partial charge is 0.411 e. The highest BCUT2D eigenvalue weighted by molar-refractivity contribution is 6.31. The van der Waals surface area contributed by atoms with E-state index < -0.39 is 18.6 Å². The normalized spacial score (nSPS) is 13.4. The third-order valence-electron chi connectivity index (χ3n) is 2.84. The van der Waals surface area contributed by atoms with Gasteiger partial charge in [0.05, 0.1) is 0 Å². The molecule has 0 saturated heterocycles. The van der Waals surface area contributed by atoms with Crippen molar-refractivity contribution in [3.63, 3.8) is 0 Å². The van der Waals surface area contributed by atoms with Crippen molar-refractivity contribution in [1.29, 1.82) is 0 Å². The Labute approximate surface area is 126 Å². The molecule has 7 heteroatoms. The summed E-state index contributed by atoms with van der Waals surface area (Å²) in [4.78, 5) is 0. The maximum atomic E-state index is 13.2. The van der Waals surface area contributed by atoms with E-state index in [1.54, 1.807) is 0 Å². The van der Waals surface area contributed by atoms with E-state index in [0.29, 0.717) is 30.0 Å². The van der Waals surface area contributed by atoms with Crippen LogP contribution >= 0.6 is 11.6 Å². The quantitative estimate of drug-likeness (QED) is 0.576. The molecule has 0 spiro atoms. The molecule has 1 N–H and O–H groups in total. The van der Waals surface area contributed by atoms with Gasteiger partial charge < -0.3 is 10.1 Å². The summed E-state index contributed by atoms with van der Waals surface area (Å²) in [5.74, 6) is -0.391. The molecule has 0 radical (unpaired) electrons. The van der Waals surface area contributed by atoms with Gasteiger partial charge in [0, 0.05) is 17.7 Å². The Balaban J connectivity index is 2.51. The Hall–Kier alpha value is -0.850. The number of rotatable bonds is 8. The zero-order valence-corrected chi connectivity index (χ0v) is 12.4. The summed E-state index contributed by atoms with van der Waals surface area (Å²) >= 11 is 5.99. The summed E-state index contributed by atoms with van der Waals surface area (Å²) in [7, 11) is 0. The molecule has 0 amide bonds. The second kappa shape index (κ2) is 8.56. The minimum absolute atomic E-state index is 0.0237. The first-order chi connectivity index (χ1) is 9.81. The highest BCUT2D eigenvalue weighted by Crippen LogP contribution is 2.20. The summed E-state index contributed by atoms with van der Waals surface area (Å²) < 4.78 is 53.7. The molecule has 1 aromatic carbocycles. The maximum absolute atomic E-state index is 13.2. The van der Waals surface area contributed by atoms with Crippen LogP contribution in [0, 0.1) is 5.82 Å². The van der Waals surface area contributed by atoms with E-state index in [0.717, 1.165) is 0 Å². The lowest BCUT2D eigenvalue weighted by molar-refractivity contribution is -0.174. The second-order valence-electron chi connectivity index (χ2n) is 4.65. The van der Waals surface area contributed by atoms with Gasteiger partial charge in [-0.2, -0.15) is 13.2 Å². The average Bonchev–Trinajstić information content (AvgIpc) is 2.38. The fraction of sp³-hybridized carbons (Fsp3) is 0.571. The molecular weight excluding hydrogens is 310 g/mol. The molecule has 0 aliphatic heterocycles. The number of nitrogens with one attached hydrogen (secondary N) is 1. The van der Waals surface area contributed by atoms with Gasteiger partial charge in [0.2, 0.25) is 0 Å². The molecule has 1 unspecified atom stereocenters. The molecule has 0 bridgehead atoms. The standard InChI is InChI=1S/C14H18ClF4NO/c1-2-20-12(5-6-21-9-14(17,18)19)8-10-7-11(16)3-4-13(10)15/h3-4,7,12,20H,2,5-6,8-9H2,1H3. The fourth-order valence-electron chi connectivity index (χ4n) is 1.94. The molecule has 1 aromatic rings. The lowest BCUT2D eigenvalue weighted by atomic mass is 10.0. The molecular formula is C14H18ClF4NO. The number of halogens is 5. The number of benzene rings is 1. The summed E-state index contributed by atoms with van der Waals surface area (Å²) in [6.45, 7) is 1.25. The molecule has 21 heavy (non-hydrogen) atoms. The van der Waals surface area contributed by atoms with E-state index in [1.165, 1.54) is 18.2 Å². The first kappa shape index (κ1) is 18.2. The number of hydrogen-bond donors (Lipinski definition) is 1. The highest BCUT2D eigenvalue weighted by Gasteiger charge is 2.27. The second-order valence-corrected chi connectivity index (χ2v) is 5.06. The lowest BCUT2D eigenvalue weighted by Gasteiger charge is -2.19. The van der Waals surface area contributed by atoms with E-state index in [-0.39, 0.29) is 12.6 Å². The smallest absolute Gasteiger partial charge is 0.372 e. The SMILES string of the molecule is CCNC(CCOCC(F)(F)F)Cc1cc(F)ccc1Cl. The first-order valence-electron chi connectivity index (χ1n) is 6.63.